The highest BCUT2D eigenvalue weighted by Gasteiger charge is 1.94. The van der Waals surface area contributed by atoms with Crippen LogP contribution in [0.2, 0.25) is 0 Å². The summed E-state index contributed by atoms with van der Waals surface area (Å²) in [6.45, 7) is 0. The lowest BCUT2D eigenvalue weighted by atomic mass is 10.1. The average molecular weight is 187 g/mol. The van der Waals surface area contributed by atoms with E-state index in [1.165, 1.54) is 0 Å². The third kappa shape index (κ3) is 3.25. The Bertz CT molecular complexity index is 248. The van der Waals surface area contributed by atoms with Crippen LogP contribution < -0.4 is 5.73 Å². The average Bonchev–Trinajstić information content (AvgIpc) is 2.06. The summed E-state index contributed by atoms with van der Waals surface area (Å²) in [5, 5.41) is 11.1. The number of oxime groups is 1. The Morgan fingerprint density at radius 3 is 2.42 bits per heavy atom. The molecule has 0 aliphatic heterocycles. The molecule has 3 nitrogen and oxygen atoms in total. The molecule has 0 saturated carbocycles. The van der Waals surface area contributed by atoms with Crippen molar-refractivity contribution >= 4 is 18.2 Å². The Hall–Kier alpha value is -1.22. The third-order valence-electron chi connectivity index (χ3n) is 1.36. The predicted molar refractivity (Wildman–Crippen MR) is 50.8 cm³/mol. The molecule has 0 aliphatic rings. The molecule has 1 aromatic carbocycles. The molecule has 0 unspecified atom stereocenters. The largest absolute Gasteiger partial charge is 0.409 e. The van der Waals surface area contributed by atoms with Gasteiger partial charge in [-0.1, -0.05) is 35.5 Å². The topological polar surface area (TPSA) is 58.6 Å². The van der Waals surface area contributed by atoms with Gasteiger partial charge in [0.15, 0.2) is 0 Å². The molecule has 1 rings (SSSR count). The lowest BCUT2D eigenvalue weighted by Crippen LogP contribution is -2.14. The van der Waals surface area contributed by atoms with Crippen molar-refractivity contribution in [3.8, 4) is 0 Å². The lowest BCUT2D eigenvalue weighted by Gasteiger charge is -1.96. The Morgan fingerprint density at radius 1 is 1.33 bits per heavy atom. The van der Waals surface area contributed by atoms with Gasteiger partial charge in [0.1, 0.15) is 5.84 Å². The molecule has 0 aliphatic carbocycles. The summed E-state index contributed by atoms with van der Waals surface area (Å²) >= 11 is 0. The van der Waals surface area contributed by atoms with Crippen LogP contribution in [0.15, 0.2) is 35.5 Å². The summed E-state index contributed by atoms with van der Waals surface area (Å²) in [6.07, 6.45) is 0.497. The number of nitrogens with two attached hydrogens (primary N) is 1. The van der Waals surface area contributed by atoms with Gasteiger partial charge in [0.05, 0.1) is 0 Å². The predicted octanol–water partition coefficient (Wildman–Crippen LogP) is 1.40. The number of amidine groups is 1. The van der Waals surface area contributed by atoms with Crippen LogP contribution in [0.25, 0.3) is 0 Å². The van der Waals surface area contributed by atoms with E-state index >= 15 is 0 Å². The first kappa shape index (κ1) is 10.8. The van der Waals surface area contributed by atoms with Crippen molar-refractivity contribution < 1.29 is 5.21 Å². The van der Waals surface area contributed by atoms with Gasteiger partial charge in [0.2, 0.25) is 0 Å². The Balaban J connectivity index is 0.00000121. The monoisotopic (exact) mass is 186 g/mol. The molecule has 0 atom stereocenters. The highest BCUT2D eigenvalue weighted by Crippen LogP contribution is 1.98. The molecule has 66 valence electrons. The molecule has 1 aromatic rings. The number of benzene rings is 1. The van der Waals surface area contributed by atoms with Crippen molar-refractivity contribution in [2.24, 2.45) is 10.9 Å². The highest BCUT2D eigenvalue weighted by atomic mass is 35.5. The maximum atomic E-state index is 8.26. The van der Waals surface area contributed by atoms with Crippen LogP contribution in [-0.4, -0.2) is 11.0 Å². The molecule has 0 saturated heterocycles. The van der Waals surface area contributed by atoms with Gasteiger partial charge >= 0.3 is 0 Å². The van der Waals surface area contributed by atoms with Gasteiger partial charge in [0.25, 0.3) is 0 Å². The summed E-state index contributed by atoms with van der Waals surface area (Å²) in [4.78, 5) is 0. The minimum Gasteiger partial charge on any atom is -0.409 e. The molecule has 0 fully saturated rings. The summed E-state index contributed by atoms with van der Waals surface area (Å²) in [5.74, 6) is 0.233. The Labute approximate surface area is 77.3 Å². The quantitative estimate of drug-likeness (QED) is 0.318. The molecule has 4 heteroatoms. The third-order valence-corrected chi connectivity index (χ3v) is 1.36. The minimum atomic E-state index is 0. The number of rotatable bonds is 2. The van der Waals surface area contributed by atoms with Crippen LogP contribution in [0.5, 0.6) is 0 Å². The standard InChI is InChI=1S/C8H10N2O.ClH/c9-8(10-11)6-7-4-2-1-3-5-7;/h1-5,11H,6H2,(H2,9,10);1H. The normalized spacial score (nSPS) is 10.5. The molecule has 3 N–H and O–H groups in total. The van der Waals surface area contributed by atoms with E-state index in [0.717, 1.165) is 5.56 Å². The molecule has 0 radical (unpaired) electrons. The van der Waals surface area contributed by atoms with Crippen LogP contribution in [-0.2, 0) is 6.42 Å². The number of hydrogen-bond donors (Lipinski definition) is 2. The second-order valence-electron chi connectivity index (χ2n) is 2.25. The zero-order chi connectivity index (χ0) is 8.10. The second-order valence-corrected chi connectivity index (χ2v) is 2.25. The van der Waals surface area contributed by atoms with Crippen LogP contribution in [0.4, 0.5) is 0 Å². The van der Waals surface area contributed by atoms with Gasteiger partial charge in [-0.25, -0.2) is 0 Å². The fraction of sp³-hybridized carbons (Fsp3) is 0.125. The first-order valence-electron chi connectivity index (χ1n) is 3.33. The molecular formula is C8H11ClN2O. The SMILES string of the molecule is Cl.NC(Cc1ccccc1)=NO. The summed E-state index contributed by atoms with van der Waals surface area (Å²) in [5.41, 5.74) is 6.35. The van der Waals surface area contributed by atoms with Crippen molar-refractivity contribution in [3.05, 3.63) is 35.9 Å². The summed E-state index contributed by atoms with van der Waals surface area (Å²) in [6, 6.07) is 9.62. The first-order valence-corrected chi connectivity index (χ1v) is 3.33. The fourth-order valence-corrected chi connectivity index (χ4v) is 0.840. The van der Waals surface area contributed by atoms with Crippen LogP contribution in [0.1, 0.15) is 5.56 Å². The van der Waals surface area contributed by atoms with Crippen LogP contribution in [0, 0.1) is 0 Å². The van der Waals surface area contributed by atoms with E-state index < -0.39 is 0 Å². The summed E-state index contributed by atoms with van der Waals surface area (Å²) < 4.78 is 0. The molecule has 0 aromatic heterocycles. The minimum absolute atomic E-state index is 0. The van der Waals surface area contributed by atoms with E-state index in [4.69, 9.17) is 10.9 Å². The zero-order valence-electron chi connectivity index (χ0n) is 6.47. The van der Waals surface area contributed by atoms with Gasteiger partial charge in [-0.3, -0.25) is 0 Å². The van der Waals surface area contributed by atoms with Gasteiger partial charge in [-0.2, -0.15) is 0 Å². The van der Waals surface area contributed by atoms with Crippen LogP contribution >= 0.6 is 12.4 Å². The summed E-state index contributed by atoms with van der Waals surface area (Å²) in [7, 11) is 0. The molecule has 12 heavy (non-hydrogen) atoms. The van der Waals surface area contributed by atoms with E-state index in [1.54, 1.807) is 0 Å². The van der Waals surface area contributed by atoms with Crippen molar-refractivity contribution in [3.63, 3.8) is 0 Å². The van der Waals surface area contributed by atoms with E-state index in [1.807, 2.05) is 30.3 Å². The van der Waals surface area contributed by atoms with E-state index in [9.17, 15) is 0 Å². The van der Waals surface area contributed by atoms with Crippen molar-refractivity contribution in [1.82, 2.24) is 0 Å². The number of halogens is 1. The van der Waals surface area contributed by atoms with Gasteiger partial charge in [-0.15, -0.1) is 12.4 Å². The number of nitrogens with zero attached hydrogens (tertiary/aromatic N) is 1. The molecular weight excluding hydrogens is 176 g/mol. The second kappa shape index (κ2) is 5.43. The maximum Gasteiger partial charge on any atom is 0.143 e. The molecule has 0 amide bonds. The van der Waals surface area contributed by atoms with Crippen molar-refractivity contribution in [1.29, 1.82) is 0 Å². The Kier molecular flexibility index (Phi) is 4.88. The lowest BCUT2D eigenvalue weighted by molar-refractivity contribution is 0.317. The van der Waals surface area contributed by atoms with E-state index in [-0.39, 0.29) is 18.2 Å². The van der Waals surface area contributed by atoms with Gasteiger partial charge in [0, 0.05) is 6.42 Å². The zero-order valence-corrected chi connectivity index (χ0v) is 7.29. The molecule has 0 heterocycles. The smallest absolute Gasteiger partial charge is 0.143 e. The highest BCUT2D eigenvalue weighted by molar-refractivity contribution is 5.85. The first-order chi connectivity index (χ1) is 5.33. The fourth-order valence-electron chi connectivity index (χ4n) is 0.840. The molecule has 0 spiro atoms. The van der Waals surface area contributed by atoms with Crippen molar-refractivity contribution in [2.75, 3.05) is 0 Å². The van der Waals surface area contributed by atoms with Gasteiger partial charge in [-0.05, 0) is 5.56 Å². The van der Waals surface area contributed by atoms with Gasteiger partial charge < -0.3 is 10.9 Å². The Morgan fingerprint density at radius 2 is 1.92 bits per heavy atom. The molecule has 0 bridgehead atoms. The maximum absolute atomic E-state index is 8.26. The van der Waals surface area contributed by atoms with Crippen LogP contribution in [0.3, 0.4) is 0 Å². The van der Waals surface area contributed by atoms with E-state index in [2.05, 4.69) is 5.16 Å². The van der Waals surface area contributed by atoms with Crippen molar-refractivity contribution in [2.45, 2.75) is 6.42 Å². The number of hydrogen-bond acceptors (Lipinski definition) is 2. The van der Waals surface area contributed by atoms with E-state index in [0.29, 0.717) is 6.42 Å².